The van der Waals surface area contributed by atoms with Crippen LogP contribution in [0, 0.1) is 17.9 Å². The number of nitrogens with zero attached hydrogens (tertiary/aromatic N) is 2. The summed E-state index contributed by atoms with van der Waals surface area (Å²) in [5, 5.41) is 12.2. The molecular formula is C38H40N2O8Si2. The molecule has 0 atom stereocenters. The summed E-state index contributed by atoms with van der Waals surface area (Å²) in [5.41, 5.74) is -0.907. The molecule has 0 amide bonds. The summed E-state index contributed by atoms with van der Waals surface area (Å²) in [5.74, 6) is -2.08. The van der Waals surface area contributed by atoms with Gasteiger partial charge in [0.15, 0.2) is 0 Å². The van der Waals surface area contributed by atoms with Crippen LogP contribution in [-0.4, -0.2) is 53.2 Å². The molecule has 0 radical (unpaired) electrons. The molecule has 0 aliphatic rings. The van der Waals surface area contributed by atoms with E-state index >= 15 is 0 Å². The molecule has 0 bridgehead atoms. The molecule has 0 heterocycles. The van der Waals surface area contributed by atoms with Crippen LogP contribution < -0.4 is 19.8 Å². The lowest BCUT2D eigenvalue weighted by molar-refractivity contribution is -0.138. The van der Waals surface area contributed by atoms with E-state index in [1.54, 1.807) is 24.3 Å². The summed E-state index contributed by atoms with van der Waals surface area (Å²) < 4.78 is 21.2. The van der Waals surface area contributed by atoms with E-state index in [9.17, 15) is 24.4 Å². The highest BCUT2D eigenvalue weighted by molar-refractivity contribution is 6.90. The van der Waals surface area contributed by atoms with Crippen LogP contribution in [0.25, 0.3) is 4.85 Å². The second-order valence-corrected chi connectivity index (χ2v) is 22.3. The zero-order valence-corrected chi connectivity index (χ0v) is 30.7. The Morgan fingerprint density at radius 2 is 1.12 bits per heavy atom. The fourth-order valence-corrected chi connectivity index (χ4v) is 9.98. The molecule has 12 heteroatoms. The zero-order chi connectivity index (χ0) is 36.9. The fraction of sp³-hybridized carbons (Fsp3) is 0.263. The normalized spacial score (nSPS) is 10.9. The summed E-state index contributed by atoms with van der Waals surface area (Å²) in [7, 11) is -3.75. The van der Waals surface area contributed by atoms with Gasteiger partial charge in [-0.1, -0.05) is 92.1 Å². The van der Waals surface area contributed by atoms with E-state index in [1.807, 2.05) is 30.3 Å². The molecule has 0 saturated carbocycles. The predicted molar refractivity (Wildman–Crippen MR) is 196 cm³/mol. The minimum Gasteiger partial charge on any atom is -0.463 e. The van der Waals surface area contributed by atoms with Gasteiger partial charge in [0.1, 0.15) is 11.5 Å². The van der Waals surface area contributed by atoms with Crippen molar-refractivity contribution in [2.45, 2.75) is 51.1 Å². The van der Waals surface area contributed by atoms with E-state index in [2.05, 4.69) is 44.2 Å². The summed E-state index contributed by atoms with van der Waals surface area (Å²) in [4.78, 5) is 52.3. The van der Waals surface area contributed by atoms with E-state index < -0.39 is 40.0 Å². The van der Waals surface area contributed by atoms with Crippen LogP contribution in [0.4, 0.5) is 5.69 Å². The second kappa shape index (κ2) is 17.7. The topological polar surface area (TPSA) is 133 Å². The lowest BCUT2D eigenvalue weighted by atomic mass is 10.0. The lowest BCUT2D eigenvalue weighted by Gasteiger charge is -2.23. The van der Waals surface area contributed by atoms with Crippen molar-refractivity contribution >= 4 is 56.1 Å². The molecule has 0 saturated heterocycles. The molecule has 0 aromatic heterocycles. The number of hydrogen-bond donors (Lipinski definition) is 0. The van der Waals surface area contributed by atoms with Gasteiger partial charge in [0.25, 0.3) is 0 Å². The summed E-state index contributed by atoms with van der Waals surface area (Å²) in [6.45, 7) is 23.9. The largest absolute Gasteiger partial charge is 0.463 e. The number of esters is 4. The quantitative estimate of drug-likeness (QED) is 0.0402. The number of rotatable bonds is 16. The Kier molecular flexibility index (Phi) is 13.8. The Balaban J connectivity index is 1.68. The van der Waals surface area contributed by atoms with Crippen molar-refractivity contribution in [1.82, 2.24) is 0 Å². The Morgan fingerprint density at radius 3 is 1.50 bits per heavy atom. The minimum atomic E-state index is -1.88. The maximum atomic E-state index is 13.2. The molecule has 10 nitrogen and oxygen atoms in total. The molecule has 0 aliphatic heterocycles. The van der Waals surface area contributed by atoms with E-state index in [0.717, 1.165) is 34.6 Å². The van der Waals surface area contributed by atoms with Crippen molar-refractivity contribution in [3.8, 4) is 17.6 Å². The SMILES string of the molecule is [C-]#[N+]c1c(C(=O)Oc2ccc([Si](C)(C)CCCOC(=O)C=C)cc2)ccc(C(=O)Oc2ccc([Si](C)(C)CCCOC(=O)C=C)cc2)c1C#N. The van der Waals surface area contributed by atoms with Crippen LogP contribution in [-0.2, 0) is 19.1 Å². The van der Waals surface area contributed by atoms with Gasteiger partial charge >= 0.3 is 23.9 Å². The van der Waals surface area contributed by atoms with E-state index in [0.29, 0.717) is 26.1 Å². The maximum Gasteiger partial charge on any atom is 0.343 e. The van der Waals surface area contributed by atoms with Crippen LogP contribution >= 0.6 is 0 Å². The molecule has 258 valence electrons. The van der Waals surface area contributed by atoms with Crippen LogP contribution in [0.1, 0.15) is 39.1 Å². The van der Waals surface area contributed by atoms with Gasteiger partial charge in [-0.3, -0.25) is 0 Å². The predicted octanol–water partition coefficient (Wildman–Crippen LogP) is 6.62. The molecule has 0 unspecified atom stereocenters. The average Bonchev–Trinajstić information content (AvgIpc) is 3.11. The summed E-state index contributed by atoms with van der Waals surface area (Å²) >= 11 is 0. The Hall–Kier alpha value is -5.57. The number of hydrogen-bond acceptors (Lipinski definition) is 9. The smallest absolute Gasteiger partial charge is 0.343 e. The monoisotopic (exact) mass is 708 g/mol. The Morgan fingerprint density at radius 1 is 0.720 bits per heavy atom. The van der Waals surface area contributed by atoms with Crippen LogP contribution in [0.2, 0.25) is 38.3 Å². The van der Waals surface area contributed by atoms with Crippen molar-refractivity contribution in [1.29, 1.82) is 5.26 Å². The highest BCUT2D eigenvalue weighted by Gasteiger charge is 2.27. The van der Waals surface area contributed by atoms with Gasteiger partial charge in [-0.2, -0.15) is 5.26 Å². The standard InChI is InChI=1S/C38H40N2O8Si2/c1-8-34(41)45-22-10-24-49(4,5)29-16-12-27(13-17-29)47-37(43)31-20-21-32(36(40-3)33(31)26-39)38(44)48-28-14-18-30(19-15-28)50(6,7)25-11-23-46-35(42)9-2/h8-9,12-21H,1-2,10-11,22-25H2,4-7H3. The van der Waals surface area contributed by atoms with Crippen molar-refractivity contribution in [3.63, 3.8) is 0 Å². The Bertz CT molecular complexity index is 1700. The average molecular weight is 709 g/mol. The van der Waals surface area contributed by atoms with Gasteiger partial charge in [-0.05, 0) is 43.2 Å². The van der Waals surface area contributed by atoms with E-state index in [1.165, 1.54) is 12.1 Å². The summed E-state index contributed by atoms with van der Waals surface area (Å²) in [6.07, 6.45) is 3.70. The molecule has 50 heavy (non-hydrogen) atoms. The van der Waals surface area contributed by atoms with Gasteiger partial charge in [0.2, 0.25) is 5.69 Å². The zero-order valence-electron chi connectivity index (χ0n) is 28.7. The van der Waals surface area contributed by atoms with Crippen molar-refractivity contribution in [2.75, 3.05) is 13.2 Å². The molecular weight excluding hydrogens is 669 g/mol. The third-order valence-electron chi connectivity index (χ3n) is 8.25. The fourth-order valence-electron chi connectivity index (χ4n) is 5.21. The number of benzene rings is 3. The van der Waals surface area contributed by atoms with E-state index in [4.69, 9.17) is 25.5 Å². The second-order valence-electron chi connectivity index (χ2n) is 12.7. The number of nitriles is 1. The van der Waals surface area contributed by atoms with Crippen molar-refractivity contribution < 1.29 is 38.1 Å². The molecule has 3 rings (SSSR count). The van der Waals surface area contributed by atoms with Gasteiger partial charge in [-0.25, -0.2) is 24.0 Å². The van der Waals surface area contributed by atoms with Gasteiger partial charge in [-0.15, -0.1) is 0 Å². The van der Waals surface area contributed by atoms with E-state index in [-0.39, 0.29) is 33.9 Å². The Labute approximate surface area is 294 Å². The molecule has 0 N–H and O–H groups in total. The van der Waals surface area contributed by atoms with Gasteiger partial charge in [0, 0.05) is 12.2 Å². The molecule has 0 spiro atoms. The first kappa shape index (κ1) is 38.9. The number of carbonyl (C=O) groups is 4. The van der Waals surface area contributed by atoms with Gasteiger partial charge < -0.3 is 18.9 Å². The highest BCUT2D eigenvalue weighted by Crippen LogP contribution is 2.30. The minimum absolute atomic E-state index is 0.154. The molecule has 0 fully saturated rings. The third-order valence-corrected chi connectivity index (χ3v) is 15.2. The highest BCUT2D eigenvalue weighted by atomic mass is 28.3. The molecule has 0 aliphatic carbocycles. The third kappa shape index (κ3) is 10.5. The number of carbonyl (C=O) groups excluding carboxylic acids is 4. The first-order valence-corrected chi connectivity index (χ1v) is 22.4. The van der Waals surface area contributed by atoms with Crippen molar-refractivity contribution in [3.05, 3.63) is 114 Å². The first-order chi connectivity index (χ1) is 23.8. The number of ether oxygens (including phenoxy) is 4. The first-order valence-electron chi connectivity index (χ1n) is 15.9. The van der Waals surface area contributed by atoms with Crippen LogP contribution in [0.3, 0.4) is 0 Å². The summed E-state index contributed by atoms with van der Waals surface area (Å²) in [6, 6.07) is 20.4. The lowest BCUT2D eigenvalue weighted by Crippen LogP contribution is -2.41. The van der Waals surface area contributed by atoms with Crippen molar-refractivity contribution in [2.24, 2.45) is 0 Å². The van der Waals surface area contributed by atoms with Crippen LogP contribution in [0.5, 0.6) is 11.5 Å². The van der Waals surface area contributed by atoms with Crippen LogP contribution in [0.15, 0.2) is 86.0 Å². The maximum absolute atomic E-state index is 13.2. The molecule has 3 aromatic carbocycles. The van der Waals surface area contributed by atoms with Gasteiger partial charge in [0.05, 0.1) is 58.7 Å². The molecule has 3 aromatic rings.